The van der Waals surface area contributed by atoms with Crippen LogP contribution in [0.25, 0.3) is 11.3 Å². The fourth-order valence-corrected chi connectivity index (χ4v) is 4.57. The van der Waals surface area contributed by atoms with E-state index in [0.29, 0.717) is 31.5 Å². The van der Waals surface area contributed by atoms with E-state index < -0.39 is 0 Å². The summed E-state index contributed by atoms with van der Waals surface area (Å²) < 4.78 is 5.61. The molecule has 2 N–H and O–H groups in total. The van der Waals surface area contributed by atoms with Crippen molar-refractivity contribution in [3.05, 3.63) is 48.2 Å². The van der Waals surface area contributed by atoms with Crippen molar-refractivity contribution in [3.63, 3.8) is 0 Å². The van der Waals surface area contributed by atoms with Crippen molar-refractivity contribution in [2.75, 3.05) is 26.2 Å². The molecule has 0 spiro atoms. The number of piperidine rings is 2. The Labute approximate surface area is 179 Å². The first kappa shape index (κ1) is 22.8. The molecule has 5 nitrogen and oxygen atoms in total. The summed E-state index contributed by atoms with van der Waals surface area (Å²) in [5, 5.41) is 0. The van der Waals surface area contributed by atoms with Crippen LogP contribution in [0.1, 0.15) is 24.8 Å². The molecule has 3 heterocycles. The van der Waals surface area contributed by atoms with Crippen molar-refractivity contribution in [3.8, 4) is 11.3 Å². The van der Waals surface area contributed by atoms with Gasteiger partial charge in [0.25, 0.3) is 0 Å². The zero-order valence-corrected chi connectivity index (χ0v) is 17.6. The van der Waals surface area contributed by atoms with Gasteiger partial charge in [-0.05, 0) is 36.5 Å². The summed E-state index contributed by atoms with van der Waals surface area (Å²) in [6, 6.07) is 12.8. The maximum atomic E-state index is 12.2. The SMILES string of the molecule is Cl.Cl.NCCN1C(=O)CC[C@H]2CN(Cc3ccccc3-c3ccco3)CC[C@H]21. The molecule has 4 rings (SSSR count). The van der Waals surface area contributed by atoms with E-state index in [2.05, 4.69) is 29.2 Å². The number of benzene rings is 1. The predicted octanol–water partition coefficient (Wildman–Crippen LogP) is 3.56. The first-order valence-corrected chi connectivity index (χ1v) is 9.60. The molecule has 154 valence electrons. The average molecular weight is 426 g/mol. The molecule has 0 aliphatic carbocycles. The second-order valence-corrected chi connectivity index (χ2v) is 7.40. The summed E-state index contributed by atoms with van der Waals surface area (Å²) in [5.74, 6) is 1.77. The highest BCUT2D eigenvalue weighted by Gasteiger charge is 2.38. The van der Waals surface area contributed by atoms with Crippen LogP contribution in [0.3, 0.4) is 0 Å². The van der Waals surface area contributed by atoms with Crippen LogP contribution in [0, 0.1) is 5.92 Å². The fourth-order valence-electron chi connectivity index (χ4n) is 4.57. The van der Waals surface area contributed by atoms with E-state index >= 15 is 0 Å². The number of carbonyl (C=O) groups is 1. The van der Waals surface area contributed by atoms with E-state index in [0.717, 1.165) is 38.2 Å². The molecule has 0 bridgehead atoms. The smallest absolute Gasteiger partial charge is 0.222 e. The number of amides is 1. The molecule has 2 aliphatic rings. The van der Waals surface area contributed by atoms with E-state index in [4.69, 9.17) is 10.2 Å². The second-order valence-electron chi connectivity index (χ2n) is 7.40. The third-order valence-corrected chi connectivity index (χ3v) is 5.80. The minimum absolute atomic E-state index is 0. The third kappa shape index (κ3) is 4.71. The lowest BCUT2D eigenvalue weighted by Gasteiger charge is -2.47. The number of rotatable bonds is 5. The van der Waals surface area contributed by atoms with Crippen LogP contribution < -0.4 is 5.73 Å². The maximum Gasteiger partial charge on any atom is 0.222 e. The standard InChI is InChI=1S/C21H27N3O2.2ClH/c22-10-12-24-19-9-11-23(15-17(19)7-8-21(24)25)14-16-4-1-2-5-18(16)20-6-3-13-26-20;;/h1-6,13,17,19H,7-12,14-15,22H2;2*1H/t17-,19+;;/m0../s1. The van der Waals surface area contributed by atoms with E-state index in [1.807, 2.05) is 17.0 Å². The highest BCUT2D eigenvalue weighted by Crippen LogP contribution is 2.33. The summed E-state index contributed by atoms with van der Waals surface area (Å²) in [7, 11) is 0. The van der Waals surface area contributed by atoms with Gasteiger partial charge in [-0.25, -0.2) is 0 Å². The van der Waals surface area contributed by atoms with Crippen LogP contribution in [-0.4, -0.2) is 47.9 Å². The number of fused-ring (bicyclic) bond motifs is 1. The van der Waals surface area contributed by atoms with Gasteiger partial charge in [-0.15, -0.1) is 24.8 Å². The summed E-state index contributed by atoms with van der Waals surface area (Å²) in [4.78, 5) is 16.8. The van der Waals surface area contributed by atoms with Crippen LogP contribution in [0.2, 0.25) is 0 Å². The molecule has 0 unspecified atom stereocenters. The van der Waals surface area contributed by atoms with Crippen molar-refractivity contribution in [2.24, 2.45) is 11.7 Å². The zero-order chi connectivity index (χ0) is 17.9. The Morgan fingerprint density at radius 1 is 1.11 bits per heavy atom. The number of furan rings is 1. The molecule has 1 aromatic carbocycles. The number of carbonyl (C=O) groups excluding carboxylic acids is 1. The molecule has 2 aliphatic heterocycles. The number of nitrogens with zero attached hydrogens (tertiary/aromatic N) is 2. The molecule has 28 heavy (non-hydrogen) atoms. The first-order valence-electron chi connectivity index (χ1n) is 9.60. The predicted molar refractivity (Wildman–Crippen MR) is 116 cm³/mol. The molecule has 2 aromatic rings. The minimum atomic E-state index is 0. The molecule has 0 radical (unpaired) electrons. The molecular weight excluding hydrogens is 397 g/mol. The minimum Gasteiger partial charge on any atom is -0.464 e. The summed E-state index contributed by atoms with van der Waals surface area (Å²) in [5.41, 5.74) is 8.19. The maximum absolute atomic E-state index is 12.2. The number of likely N-dealkylation sites (tertiary alicyclic amines) is 2. The van der Waals surface area contributed by atoms with Crippen molar-refractivity contribution in [1.82, 2.24) is 9.80 Å². The molecule has 1 aromatic heterocycles. The van der Waals surface area contributed by atoms with Gasteiger partial charge < -0.3 is 15.1 Å². The van der Waals surface area contributed by atoms with Crippen molar-refractivity contribution < 1.29 is 9.21 Å². The summed E-state index contributed by atoms with van der Waals surface area (Å²) in [6.07, 6.45) is 4.43. The van der Waals surface area contributed by atoms with Gasteiger partial charge in [-0.2, -0.15) is 0 Å². The first-order chi connectivity index (χ1) is 12.8. The Bertz CT molecular complexity index is 754. The Kier molecular flexibility index (Phi) is 8.38. The number of nitrogens with two attached hydrogens (primary N) is 1. The van der Waals surface area contributed by atoms with Gasteiger partial charge in [0.2, 0.25) is 5.91 Å². The Morgan fingerprint density at radius 2 is 1.93 bits per heavy atom. The number of hydrogen-bond donors (Lipinski definition) is 1. The van der Waals surface area contributed by atoms with E-state index in [9.17, 15) is 4.79 Å². The monoisotopic (exact) mass is 425 g/mol. The summed E-state index contributed by atoms with van der Waals surface area (Å²) >= 11 is 0. The van der Waals surface area contributed by atoms with Crippen LogP contribution in [0.15, 0.2) is 47.1 Å². The van der Waals surface area contributed by atoms with Gasteiger partial charge in [0.1, 0.15) is 5.76 Å². The van der Waals surface area contributed by atoms with Crippen molar-refractivity contribution in [2.45, 2.75) is 31.8 Å². The molecule has 2 fully saturated rings. The lowest BCUT2D eigenvalue weighted by molar-refractivity contribution is -0.140. The van der Waals surface area contributed by atoms with Gasteiger partial charge in [-0.1, -0.05) is 24.3 Å². The summed E-state index contributed by atoms with van der Waals surface area (Å²) in [6.45, 7) is 4.23. The average Bonchev–Trinajstić information content (AvgIpc) is 3.19. The second kappa shape index (κ2) is 10.3. The van der Waals surface area contributed by atoms with Crippen molar-refractivity contribution in [1.29, 1.82) is 0 Å². The van der Waals surface area contributed by atoms with Crippen LogP contribution in [0.5, 0.6) is 0 Å². The topological polar surface area (TPSA) is 62.7 Å². The Balaban J connectivity index is 0.00000140. The van der Waals surface area contributed by atoms with Gasteiger partial charge in [0.15, 0.2) is 0 Å². The van der Waals surface area contributed by atoms with Gasteiger partial charge in [0.05, 0.1) is 6.26 Å². The highest BCUT2D eigenvalue weighted by atomic mass is 35.5. The number of halogens is 2. The van der Waals surface area contributed by atoms with E-state index in [1.165, 1.54) is 11.1 Å². The van der Waals surface area contributed by atoms with E-state index in [-0.39, 0.29) is 30.7 Å². The molecule has 2 atom stereocenters. The van der Waals surface area contributed by atoms with Crippen LogP contribution in [-0.2, 0) is 11.3 Å². The molecule has 1 amide bonds. The number of hydrogen-bond acceptors (Lipinski definition) is 4. The molecule has 2 saturated heterocycles. The Morgan fingerprint density at radius 3 is 2.68 bits per heavy atom. The van der Waals surface area contributed by atoms with Crippen molar-refractivity contribution >= 4 is 30.7 Å². The lowest BCUT2D eigenvalue weighted by Crippen LogP contribution is -2.56. The van der Waals surface area contributed by atoms with E-state index in [1.54, 1.807) is 6.26 Å². The normalized spacial score (nSPS) is 22.2. The van der Waals surface area contributed by atoms with Gasteiger partial charge >= 0.3 is 0 Å². The Hall–Kier alpha value is -1.53. The molecule has 7 heteroatoms. The molecular formula is C21H29Cl2N3O2. The zero-order valence-electron chi connectivity index (χ0n) is 16.0. The van der Waals surface area contributed by atoms with Gasteiger partial charge in [0, 0.05) is 50.7 Å². The fraction of sp³-hybridized carbons (Fsp3) is 0.476. The largest absolute Gasteiger partial charge is 0.464 e. The van der Waals surface area contributed by atoms with Gasteiger partial charge in [-0.3, -0.25) is 9.69 Å². The third-order valence-electron chi connectivity index (χ3n) is 5.80. The quantitative estimate of drug-likeness (QED) is 0.794. The van der Waals surface area contributed by atoms with Crippen LogP contribution >= 0.6 is 24.8 Å². The highest BCUT2D eigenvalue weighted by molar-refractivity contribution is 5.85. The molecule has 0 saturated carbocycles. The van der Waals surface area contributed by atoms with Crippen LogP contribution in [0.4, 0.5) is 0 Å². The lowest BCUT2D eigenvalue weighted by atomic mass is 9.83.